The van der Waals surface area contributed by atoms with E-state index >= 15 is 0 Å². The largest absolute Gasteiger partial charge is 0.496 e. The summed E-state index contributed by atoms with van der Waals surface area (Å²) in [6, 6.07) is 9.90. The molecule has 1 aromatic carbocycles. The Kier molecular flexibility index (Phi) is 5.94. The topological polar surface area (TPSA) is 72.7 Å². The fraction of sp³-hybridized carbons (Fsp3) is 0.296. The molecule has 0 spiro atoms. The highest BCUT2D eigenvalue weighted by atomic mass is 32.1. The molecule has 0 radical (unpaired) electrons. The van der Waals surface area contributed by atoms with Gasteiger partial charge >= 0.3 is 0 Å². The molecule has 0 aliphatic carbocycles. The van der Waals surface area contributed by atoms with Crippen LogP contribution in [0, 0.1) is 0 Å². The molecular weight excluding hydrogens is 474 g/mol. The summed E-state index contributed by atoms with van der Waals surface area (Å²) >= 11 is 1.60. The van der Waals surface area contributed by atoms with Gasteiger partial charge in [-0.25, -0.2) is 4.68 Å². The monoisotopic (exact) mass is 501 g/mol. The number of carbonyl (C=O) groups is 1. The molecule has 0 unspecified atom stereocenters. The van der Waals surface area contributed by atoms with Crippen LogP contribution in [0.25, 0.3) is 28.1 Å². The number of carbonyl (C=O) groups excluding carboxylic acids is 1. The summed E-state index contributed by atoms with van der Waals surface area (Å²) in [5, 5.41) is 8.96. The number of aromatic nitrogens is 3. The summed E-state index contributed by atoms with van der Waals surface area (Å²) in [6.45, 7) is 3.53. The van der Waals surface area contributed by atoms with Gasteiger partial charge in [0.25, 0.3) is 5.91 Å². The first-order valence-corrected chi connectivity index (χ1v) is 13.0. The molecule has 8 nitrogen and oxygen atoms in total. The van der Waals surface area contributed by atoms with Crippen molar-refractivity contribution in [1.82, 2.24) is 24.6 Å². The average Bonchev–Trinajstić information content (AvgIpc) is 3.53. The number of hydrogen-bond acceptors (Lipinski definition) is 7. The van der Waals surface area contributed by atoms with Gasteiger partial charge in [0.05, 0.1) is 18.5 Å². The summed E-state index contributed by atoms with van der Waals surface area (Å²) in [5.41, 5.74) is 5.82. The van der Waals surface area contributed by atoms with Crippen molar-refractivity contribution in [2.75, 3.05) is 40.3 Å². The Balaban J connectivity index is 1.51. The second-order valence-electron chi connectivity index (χ2n) is 9.10. The number of benzene rings is 1. The molecule has 2 aliphatic rings. The molecule has 36 heavy (non-hydrogen) atoms. The molecule has 1 amide bonds. The lowest BCUT2D eigenvalue weighted by atomic mass is 9.96. The number of fused-ring (bicyclic) bond motifs is 3. The van der Waals surface area contributed by atoms with E-state index in [0.717, 1.165) is 59.7 Å². The van der Waals surface area contributed by atoms with Gasteiger partial charge in [0, 0.05) is 65.7 Å². The van der Waals surface area contributed by atoms with E-state index in [2.05, 4.69) is 23.0 Å². The van der Waals surface area contributed by atoms with Crippen LogP contribution < -0.4 is 9.47 Å². The Labute approximate surface area is 213 Å². The van der Waals surface area contributed by atoms with Crippen molar-refractivity contribution < 1.29 is 14.3 Å². The van der Waals surface area contributed by atoms with Crippen molar-refractivity contribution in [3.63, 3.8) is 0 Å². The number of pyridine rings is 1. The molecule has 0 bridgehead atoms. The Hall–Kier alpha value is -3.69. The third kappa shape index (κ3) is 3.94. The maximum atomic E-state index is 13.8. The Morgan fingerprint density at radius 2 is 2.06 bits per heavy atom. The van der Waals surface area contributed by atoms with Crippen LogP contribution in [0.15, 0.2) is 53.5 Å². The van der Waals surface area contributed by atoms with Gasteiger partial charge in [0.15, 0.2) is 5.69 Å². The van der Waals surface area contributed by atoms with E-state index in [4.69, 9.17) is 14.6 Å². The Morgan fingerprint density at radius 3 is 2.83 bits per heavy atom. The highest BCUT2D eigenvalue weighted by Crippen LogP contribution is 2.46. The number of methoxy groups -OCH3 is 1. The number of thiophene rings is 1. The van der Waals surface area contributed by atoms with Crippen molar-refractivity contribution in [3.8, 4) is 39.6 Å². The fourth-order valence-corrected chi connectivity index (χ4v) is 5.55. The molecule has 2 aliphatic heterocycles. The molecule has 1 fully saturated rings. The van der Waals surface area contributed by atoms with E-state index in [1.165, 1.54) is 0 Å². The Morgan fingerprint density at radius 1 is 1.14 bits per heavy atom. The predicted molar refractivity (Wildman–Crippen MR) is 139 cm³/mol. The molecule has 3 aromatic heterocycles. The number of rotatable bonds is 4. The highest BCUT2D eigenvalue weighted by molar-refractivity contribution is 7.08. The van der Waals surface area contributed by atoms with Crippen LogP contribution in [-0.2, 0) is 6.61 Å². The van der Waals surface area contributed by atoms with Gasteiger partial charge in [-0.1, -0.05) is 6.07 Å². The summed E-state index contributed by atoms with van der Waals surface area (Å²) in [5.74, 6) is 1.37. The minimum absolute atomic E-state index is 0.0384. The lowest BCUT2D eigenvalue weighted by molar-refractivity contribution is 0.0753. The zero-order valence-corrected chi connectivity index (χ0v) is 21.1. The van der Waals surface area contributed by atoms with Gasteiger partial charge in [-0.3, -0.25) is 9.78 Å². The van der Waals surface area contributed by atoms with Gasteiger partial charge in [-0.2, -0.15) is 16.4 Å². The zero-order valence-electron chi connectivity index (χ0n) is 20.3. The van der Waals surface area contributed by atoms with Crippen molar-refractivity contribution in [2.45, 2.75) is 13.0 Å². The molecular formula is C27H27N5O3S. The molecule has 0 atom stereocenters. The van der Waals surface area contributed by atoms with Gasteiger partial charge in [-0.15, -0.1) is 0 Å². The van der Waals surface area contributed by atoms with Gasteiger partial charge in [0.1, 0.15) is 18.1 Å². The molecule has 1 saturated heterocycles. The fourth-order valence-electron chi connectivity index (χ4n) is 4.93. The van der Waals surface area contributed by atoms with E-state index in [1.54, 1.807) is 24.6 Å². The van der Waals surface area contributed by atoms with Crippen LogP contribution in [0.5, 0.6) is 11.5 Å². The van der Waals surface area contributed by atoms with Crippen molar-refractivity contribution >= 4 is 17.2 Å². The first-order chi connectivity index (χ1) is 17.6. The quantitative estimate of drug-likeness (QED) is 0.414. The number of nitrogens with zero attached hydrogens (tertiary/aromatic N) is 5. The number of hydrogen-bond donors (Lipinski definition) is 0. The summed E-state index contributed by atoms with van der Waals surface area (Å²) in [7, 11) is 3.75. The lowest BCUT2D eigenvalue weighted by Gasteiger charge is -2.23. The second kappa shape index (κ2) is 9.40. The van der Waals surface area contributed by atoms with E-state index in [1.807, 2.05) is 50.8 Å². The third-order valence-corrected chi connectivity index (χ3v) is 7.52. The SMILES string of the molecule is COc1cc2c(cc1-c1cccnc1)-c1c(c(C(=O)N3CCCN(C)CC3)nn1-c1ccsc1)CO2. The van der Waals surface area contributed by atoms with Crippen molar-refractivity contribution in [1.29, 1.82) is 0 Å². The first kappa shape index (κ1) is 22.8. The molecule has 184 valence electrons. The van der Waals surface area contributed by atoms with E-state index in [0.29, 0.717) is 23.7 Å². The molecule has 4 aromatic rings. The van der Waals surface area contributed by atoms with Crippen LogP contribution in [0.1, 0.15) is 22.5 Å². The number of amides is 1. The summed E-state index contributed by atoms with van der Waals surface area (Å²) < 4.78 is 13.8. The lowest BCUT2D eigenvalue weighted by Crippen LogP contribution is -2.35. The van der Waals surface area contributed by atoms with Crippen LogP contribution in [-0.4, -0.2) is 70.8 Å². The van der Waals surface area contributed by atoms with E-state index < -0.39 is 0 Å². The number of ether oxygens (including phenoxy) is 2. The van der Waals surface area contributed by atoms with Crippen molar-refractivity contribution in [2.24, 2.45) is 0 Å². The van der Waals surface area contributed by atoms with Gasteiger partial charge in [-0.05, 0) is 43.6 Å². The first-order valence-electron chi connectivity index (χ1n) is 12.0. The average molecular weight is 502 g/mol. The van der Waals surface area contributed by atoms with Crippen LogP contribution in [0.4, 0.5) is 0 Å². The van der Waals surface area contributed by atoms with Gasteiger partial charge in [0.2, 0.25) is 0 Å². The predicted octanol–water partition coefficient (Wildman–Crippen LogP) is 4.34. The van der Waals surface area contributed by atoms with Gasteiger partial charge < -0.3 is 19.3 Å². The molecule has 0 saturated carbocycles. The second-order valence-corrected chi connectivity index (χ2v) is 9.88. The smallest absolute Gasteiger partial charge is 0.274 e. The highest BCUT2D eigenvalue weighted by Gasteiger charge is 2.33. The maximum Gasteiger partial charge on any atom is 0.274 e. The third-order valence-electron chi connectivity index (χ3n) is 6.84. The molecule has 9 heteroatoms. The molecule has 0 N–H and O–H groups in total. The van der Waals surface area contributed by atoms with Crippen LogP contribution in [0.2, 0.25) is 0 Å². The standard InChI is InChI=1S/C27H27N5O3S/c1-30-8-4-9-31(11-10-30)27(33)25-22-16-35-24-14-23(34-2)20(18-5-3-7-28-15-18)13-21(24)26(22)32(29-25)19-6-12-36-17-19/h3,5-7,12-15,17H,4,8-11,16H2,1-2H3. The van der Waals surface area contributed by atoms with Crippen molar-refractivity contribution in [3.05, 3.63) is 64.7 Å². The summed E-state index contributed by atoms with van der Waals surface area (Å²) in [4.78, 5) is 22.2. The van der Waals surface area contributed by atoms with Crippen LogP contribution in [0.3, 0.4) is 0 Å². The maximum absolute atomic E-state index is 13.8. The van der Waals surface area contributed by atoms with E-state index in [-0.39, 0.29) is 12.5 Å². The molecule has 5 heterocycles. The minimum atomic E-state index is -0.0384. The minimum Gasteiger partial charge on any atom is -0.496 e. The summed E-state index contributed by atoms with van der Waals surface area (Å²) in [6.07, 6.45) is 4.51. The van der Waals surface area contributed by atoms with E-state index in [9.17, 15) is 4.79 Å². The number of likely N-dealkylation sites (N-methyl/N-ethyl adjacent to an activating group) is 1. The molecule has 6 rings (SSSR count). The zero-order chi connectivity index (χ0) is 24.6. The van der Waals surface area contributed by atoms with Crippen LogP contribution >= 0.6 is 11.3 Å². The Bertz CT molecular complexity index is 1400. The normalized spacial score (nSPS) is 15.6.